The van der Waals surface area contributed by atoms with Gasteiger partial charge in [0.25, 0.3) is 5.91 Å². The van der Waals surface area contributed by atoms with Crippen molar-refractivity contribution in [3.63, 3.8) is 0 Å². The summed E-state index contributed by atoms with van der Waals surface area (Å²) in [7, 11) is 0. The van der Waals surface area contributed by atoms with Crippen LogP contribution < -0.4 is 10.2 Å². The van der Waals surface area contributed by atoms with Gasteiger partial charge in [-0.2, -0.15) is 5.10 Å². The van der Waals surface area contributed by atoms with Crippen LogP contribution in [0.15, 0.2) is 65.8 Å². The highest BCUT2D eigenvalue weighted by atomic mass is 16.5. The van der Waals surface area contributed by atoms with Gasteiger partial charge >= 0.3 is 0 Å². The van der Waals surface area contributed by atoms with Crippen LogP contribution in [0.1, 0.15) is 16.7 Å². The molecular formula is C21H20N2O2. The Labute approximate surface area is 147 Å². The molecule has 0 unspecified atom stereocenters. The summed E-state index contributed by atoms with van der Waals surface area (Å²) in [6, 6.07) is 19.9. The van der Waals surface area contributed by atoms with Crippen molar-refractivity contribution in [3.05, 3.63) is 77.4 Å². The number of ether oxygens (including phenoxy) is 1. The van der Waals surface area contributed by atoms with Gasteiger partial charge in [-0.1, -0.05) is 48.5 Å². The van der Waals surface area contributed by atoms with E-state index in [1.165, 1.54) is 5.39 Å². The zero-order valence-electron chi connectivity index (χ0n) is 14.3. The molecule has 0 bridgehead atoms. The number of benzene rings is 3. The molecule has 1 amide bonds. The van der Waals surface area contributed by atoms with Crippen molar-refractivity contribution >= 4 is 22.9 Å². The number of carbonyl (C=O) groups excluding carboxylic acids is 1. The van der Waals surface area contributed by atoms with Crippen molar-refractivity contribution in [3.8, 4) is 5.75 Å². The fourth-order valence-electron chi connectivity index (χ4n) is 2.52. The van der Waals surface area contributed by atoms with Crippen molar-refractivity contribution in [1.29, 1.82) is 0 Å². The lowest BCUT2D eigenvalue weighted by atomic mass is 10.1. The fraction of sp³-hybridized carbons (Fsp3) is 0.143. The lowest BCUT2D eigenvalue weighted by Crippen LogP contribution is -2.24. The molecule has 0 spiro atoms. The highest BCUT2D eigenvalue weighted by molar-refractivity contribution is 5.90. The van der Waals surface area contributed by atoms with Gasteiger partial charge in [0.05, 0.1) is 6.21 Å². The molecule has 0 fully saturated rings. The van der Waals surface area contributed by atoms with Crippen LogP contribution in [0.4, 0.5) is 0 Å². The Balaban J connectivity index is 1.56. The Morgan fingerprint density at radius 3 is 2.68 bits per heavy atom. The third-order valence-electron chi connectivity index (χ3n) is 4.09. The van der Waals surface area contributed by atoms with E-state index < -0.39 is 0 Å². The lowest BCUT2D eigenvalue weighted by Gasteiger charge is -2.09. The maximum Gasteiger partial charge on any atom is 0.277 e. The van der Waals surface area contributed by atoms with E-state index in [4.69, 9.17) is 4.74 Å². The maximum atomic E-state index is 11.9. The van der Waals surface area contributed by atoms with Crippen molar-refractivity contribution in [2.45, 2.75) is 13.8 Å². The van der Waals surface area contributed by atoms with Crippen LogP contribution in [-0.4, -0.2) is 18.7 Å². The van der Waals surface area contributed by atoms with Crippen LogP contribution in [0, 0.1) is 13.8 Å². The summed E-state index contributed by atoms with van der Waals surface area (Å²) in [6.07, 6.45) is 1.63. The Kier molecular flexibility index (Phi) is 5.09. The minimum absolute atomic E-state index is 0.0701. The third-order valence-corrected chi connectivity index (χ3v) is 4.09. The number of hydrogen-bond acceptors (Lipinski definition) is 3. The van der Waals surface area contributed by atoms with Gasteiger partial charge in [0.1, 0.15) is 5.75 Å². The van der Waals surface area contributed by atoms with Crippen molar-refractivity contribution in [1.82, 2.24) is 5.43 Å². The Hall–Kier alpha value is -3.14. The molecule has 126 valence electrons. The minimum Gasteiger partial charge on any atom is -0.483 e. The first kappa shape index (κ1) is 16.7. The molecule has 1 N–H and O–H groups in total. The number of aryl methyl sites for hydroxylation is 1. The summed E-state index contributed by atoms with van der Waals surface area (Å²) < 4.78 is 5.55. The van der Waals surface area contributed by atoms with E-state index in [1.807, 2.05) is 68.4 Å². The van der Waals surface area contributed by atoms with Crippen LogP contribution in [0.5, 0.6) is 5.75 Å². The van der Waals surface area contributed by atoms with E-state index in [-0.39, 0.29) is 12.5 Å². The van der Waals surface area contributed by atoms with Crippen molar-refractivity contribution in [2.75, 3.05) is 6.61 Å². The molecule has 3 aromatic rings. The first-order chi connectivity index (χ1) is 12.1. The monoisotopic (exact) mass is 332 g/mol. The fourth-order valence-corrected chi connectivity index (χ4v) is 2.52. The molecule has 0 aromatic heterocycles. The average molecular weight is 332 g/mol. The number of carbonyl (C=O) groups is 1. The maximum absolute atomic E-state index is 11.9. The summed E-state index contributed by atoms with van der Waals surface area (Å²) in [5.41, 5.74) is 5.58. The first-order valence-electron chi connectivity index (χ1n) is 8.13. The van der Waals surface area contributed by atoms with E-state index in [9.17, 15) is 4.79 Å². The molecule has 3 aromatic carbocycles. The van der Waals surface area contributed by atoms with Gasteiger partial charge in [0, 0.05) is 0 Å². The number of hydrazone groups is 1. The number of nitrogens with one attached hydrogen (secondary N) is 1. The van der Waals surface area contributed by atoms with Gasteiger partial charge in [-0.3, -0.25) is 4.79 Å². The molecule has 0 saturated carbocycles. The van der Waals surface area contributed by atoms with E-state index in [0.29, 0.717) is 5.75 Å². The molecule has 4 heteroatoms. The van der Waals surface area contributed by atoms with Gasteiger partial charge < -0.3 is 4.74 Å². The second-order valence-electron chi connectivity index (χ2n) is 5.89. The molecule has 25 heavy (non-hydrogen) atoms. The molecule has 0 aliphatic rings. The standard InChI is InChI=1S/C21H20N2O2/c1-15-6-5-9-20(16(15)2)25-14-21(24)23-22-13-17-10-11-18-7-3-4-8-19(18)12-17/h3-13H,14H2,1-2H3,(H,23,24)/b22-13+. The van der Waals surface area contributed by atoms with Gasteiger partial charge in [-0.25, -0.2) is 5.43 Å². The summed E-state index contributed by atoms with van der Waals surface area (Å²) in [5, 5.41) is 6.30. The molecule has 0 aliphatic carbocycles. The molecule has 4 nitrogen and oxygen atoms in total. The third kappa shape index (κ3) is 4.23. The Bertz CT molecular complexity index is 932. The predicted molar refractivity (Wildman–Crippen MR) is 101 cm³/mol. The Morgan fingerprint density at radius 2 is 1.84 bits per heavy atom. The number of amides is 1. The summed E-state index contributed by atoms with van der Waals surface area (Å²) in [6.45, 7) is 3.91. The second kappa shape index (κ2) is 7.62. The molecule has 0 heterocycles. The number of hydrogen-bond donors (Lipinski definition) is 1. The largest absolute Gasteiger partial charge is 0.483 e. The molecular weight excluding hydrogens is 312 g/mol. The highest BCUT2D eigenvalue weighted by Gasteiger charge is 2.05. The molecule has 0 saturated heterocycles. The second-order valence-corrected chi connectivity index (χ2v) is 5.89. The topological polar surface area (TPSA) is 50.7 Å². The van der Waals surface area contributed by atoms with E-state index in [2.05, 4.69) is 16.6 Å². The Morgan fingerprint density at radius 1 is 1.04 bits per heavy atom. The van der Waals surface area contributed by atoms with E-state index in [1.54, 1.807) is 6.21 Å². The predicted octanol–water partition coefficient (Wildman–Crippen LogP) is 3.99. The van der Waals surface area contributed by atoms with E-state index >= 15 is 0 Å². The van der Waals surface area contributed by atoms with Crippen LogP contribution in [0.25, 0.3) is 10.8 Å². The normalized spacial score (nSPS) is 11.0. The first-order valence-corrected chi connectivity index (χ1v) is 8.13. The van der Waals surface area contributed by atoms with Crippen LogP contribution >= 0.6 is 0 Å². The lowest BCUT2D eigenvalue weighted by molar-refractivity contribution is -0.123. The number of nitrogens with zero attached hydrogens (tertiary/aromatic N) is 1. The summed E-state index contributed by atoms with van der Waals surface area (Å²) >= 11 is 0. The van der Waals surface area contributed by atoms with Crippen LogP contribution in [0.2, 0.25) is 0 Å². The minimum atomic E-state index is -0.294. The van der Waals surface area contributed by atoms with Crippen LogP contribution in [0.3, 0.4) is 0 Å². The number of fused-ring (bicyclic) bond motifs is 1. The number of rotatable bonds is 5. The average Bonchev–Trinajstić information content (AvgIpc) is 2.63. The smallest absolute Gasteiger partial charge is 0.277 e. The van der Waals surface area contributed by atoms with Gasteiger partial charge in [0.2, 0.25) is 0 Å². The quantitative estimate of drug-likeness (QED) is 0.567. The van der Waals surface area contributed by atoms with Gasteiger partial charge in [-0.05, 0) is 53.4 Å². The van der Waals surface area contributed by atoms with Crippen molar-refractivity contribution < 1.29 is 9.53 Å². The zero-order valence-corrected chi connectivity index (χ0v) is 14.3. The van der Waals surface area contributed by atoms with Gasteiger partial charge in [-0.15, -0.1) is 0 Å². The highest BCUT2D eigenvalue weighted by Crippen LogP contribution is 2.20. The molecule has 0 atom stereocenters. The SMILES string of the molecule is Cc1cccc(OCC(=O)N/N=C/c2ccc3ccccc3c2)c1C. The summed E-state index contributed by atoms with van der Waals surface area (Å²) in [5.74, 6) is 0.423. The molecule has 3 rings (SSSR count). The van der Waals surface area contributed by atoms with Crippen molar-refractivity contribution in [2.24, 2.45) is 5.10 Å². The zero-order chi connectivity index (χ0) is 17.6. The van der Waals surface area contributed by atoms with Gasteiger partial charge in [0.15, 0.2) is 6.61 Å². The molecule has 0 radical (unpaired) electrons. The summed E-state index contributed by atoms with van der Waals surface area (Å²) in [4.78, 5) is 11.9. The van der Waals surface area contributed by atoms with E-state index in [0.717, 1.165) is 22.1 Å². The van der Waals surface area contributed by atoms with Crippen LogP contribution in [-0.2, 0) is 4.79 Å². The molecule has 0 aliphatic heterocycles.